The highest BCUT2D eigenvalue weighted by Gasteiger charge is 2.23. The second kappa shape index (κ2) is 8.82. The highest BCUT2D eigenvalue weighted by Crippen LogP contribution is 2.27. The smallest absolute Gasteiger partial charge is 0.222 e. The second-order valence-corrected chi connectivity index (χ2v) is 8.61. The third-order valence-corrected chi connectivity index (χ3v) is 5.84. The average molecular weight is 393 g/mol. The predicted octanol–water partition coefficient (Wildman–Crippen LogP) is 3.77. The molecule has 0 radical (unpaired) electrons. The number of nitrogens with zero attached hydrogens (tertiary/aromatic N) is 3. The summed E-state index contributed by atoms with van der Waals surface area (Å²) in [6.07, 6.45) is 3.04. The Balaban J connectivity index is 1.56. The Morgan fingerprint density at radius 3 is 2.85 bits per heavy atom. The third kappa shape index (κ3) is 5.17. The monoisotopic (exact) mass is 392 g/mol. The number of carbonyl (C=O) groups excluding carboxylic acids is 1. The number of benzene rings is 1. The Labute approximate surface area is 163 Å². The van der Waals surface area contributed by atoms with Crippen LogP contribution in [-0.2, 0) is 11.2 Å². The zero-order chi connectivity index (χ0) is 18.5. The van der Waals surface area contributed by atoms with Gasteiger partial charge in [-0.2, -0.15) is 0 Å². The summed E-state index contributed by atoms with van der Waals surface area (Å²) in [4.78, 5) is 14.1. The summed E-state index contributed by atoms with van der Waals surface area (Å²) in [5.74, 6) is 0.631. The standard InChI is InChI=1S/C19H25ClN4OS/c1-13(2)18(25)21-11-15-4-3-9-24(12-15)19-23-22-17(26-19)10-14-5-7-16(20)8-6-14/h5-8,13,15H,3-4,9-12H2,1-2H3,(H,21,25). The van der Waals surface area contributed by atoms with Crippen molar-refractivity contribution in [2.45, 2.75) is 33.1 Å². The highest BCUT2D eigenvalue weighted by molar-refractivity contribution is 7.15. The minimum atomic E-state index is 0.0354. The lowest BCUT2D eigenvalue weighted by molar-refractivity contribution is -0.124. The molecule has 1 saturated heterocycles. The molecule has 1 amide bonds. The van der Waals surface area contributed by atoms with E-state index in [1.807, 2.05) is 38.1 Å². The molecule has 0 bridgehead atoms. The molecule has 1 aliphatic rings. The number of anilines is 1. The fourth-order valence-electron chi connectivity index (χ4n) is 3.08. The van der Waals surface area contributed by atoms with Gasteiger partial charge in [-0.3, -0.25) is 4.79 Å². The molecule has 3 rings (SSSR count). The molecule has 0 aliphatic carbocycles. The van der Waals surface area contributed by atoms with Crippen molar-refractivity contribution in [1.29, 1.82) is 0 Å². The van der Waals surface area contributed by atoms with Crippen molar-refractivity contribution in [3.63, 3.8) is 0 Å². The van der Waals surface area contributed by atoms with Crippen LogP contribution < -0.4 is 10.2 Å². The minimum Gasteiger partial charge on any atom is -0.356 e. The van der Waals surface area contributed by atoms with Crippen LogP contribution in [0.2, 0.25) is 5.02 Å². The number of carbonyl (C=O) groups is 1. The van der Waals surface area contributed by atoms with Gasteiger partial charge in [-0.05, 0) is 36.5 Å². The van der Waals surface area contributed by atoms with Crippen molar-refractivity contribution in [3.05, 3.63) is 39.9 Å². The summed E-state index contributed by atoms with van der Waals surface area (Å²) in [6.45, 7) is 6.51. The molecule has 5 nitrogen and oxygen atoms in total. The van der Waals surface area contributed by atoms with E-state index in [4.69, 9.17) is 11.6 Å². The number of amides is 1. The molecule has 1 unspecified atom stereocenters. The maximum Gasteiger partial charge on any atom is 0.222 e. The van der Waals surface area contributed by atoms with E-state index < -0.39 is 0 Å². The Morgan fingerprint density at radius 1 is 1.35 bits per heavy atom. The molecular formula is C19H25ClN4OS. The summed E-state index contributed by atoms with van der Waals surface area (Å²) in [5, 5.41) is 14.5. The Hall–Kier alpha value is -1.66. The summed E-state index contributed by atoms with van der Waals surface area (Å²) in [5.41, 5.74) is 1.19. The van der Waals surface area contributed by atoms with Gasteiger partial charge in [0, 0.05) is 37.0 Å². The van der Waals surface area contributed by atoms with Crippen molar-refractivity contribution in [2.24, 2.45) is 11.8 Å². The van der Waals surface area contributed by atoms with Crippen molar-refractivity contribution < 1.29 is 4.79 Å². The van der Waals surface area contributed by atoms with Crippen LogP contribution in [0, 0.1) is 11.8 Å². The zero-order valence-electron chi connectivity index (χ0n) is 15.2. The number of halogens is 1. The molecule has 1 aromatic heterocycles. The molecule has 1 N–H and O–H groups in total. The molecule has 2 heterocycles. The van der Waals surface area contributed by atoms with Crippen molar-refractivity contribution in [2.75, 3.05) is 24.5 Å². The van der Waals surface area contributed by atoms with Gasteiger partial charge in [-0.25, -0.2) is 0 Å². The summed E-state index contributed by atoms with van der Waals surface area (Å²) in [6, 6.07) is 7.86. The molecule has 1 fully saturated rings. The van der Waals surface area contributed by atoms with Crippen molar-refractivity contribution in [3.8, 4) is 0 Å². The van der Waals surface area contributed by atoms with Gasteiger partial charge in [0.15, 0.2) is 0 Å². The van der Waals surface area contributed by atoms with E-state index in [1.165, 1.54) is 5.56 Å². The normalized spacial score (nSPS) is 17.5. The number of hydrogen-bond acceptors (Lipinski definition) is 5. The third-order valence-electron chi connectivity index (χ3n) is 4.60. The number of piperidine rings is 1. The number of aromatic nitrogens is 2. The first-order valence-electron chi connectivity index (χ1n) is 9.10. The van der Waals surface area contributed by atoms with Gasteiger partial charge in [0.05, 0.1) is 0 Å². The minimum absolute atomic E-state index is 0.0354. The maximum absolute atomic E-state index is 11.8. The molecule has 140 valence electrons. The SMILES string of the molecule is CC(C)C(=O)NCC1CCCN(c2nnc(Cc3ccc(Cl)cc3)s2)C1. The Kier molecular flexibility index (Phi) is 6.48. The van der Waals surface area contributed by atoms with Crippen LogP contribution >= 0.6 is 22.9 Å². The van der Waals surface area contributed by atoms with E-state index in [1.54, 1.807) is 11.3 Å². The first-order valence-corrected chi connectivity index (χ1v) is 10.3. The summed E-state index contributed by atoms with van der Waals surface area (Å²) < 4.78 is 0. The van der Waals surface area contributed by atoms with Crippen LogP contribution in [0.25, 0.3) is 0 Å². The molecule has 2 aromatic rings. The van der Waals surface area contributed by atoms with E-state index in [0.29, 0.717) is 5.92 Å². The molecule has 26 heavy (non-hydrogen) atoms. The van der Waals surface area contributed by atoms with Gasteiger partial charge in [0.1, 0.15) is 5.01 Å². The molecule has 0 saturated carbocycles. The summed E-state index contributed by atoms with van der Waals surface area (Å²) >= 11 is 7.59. The number of nitrogens with one attached hydrogen (secondary N) is 1. The fraction of sp³-hybridized carbons (Fsp3) is 0.526. The molecule has 1 aliphatic heterocycles. The molecule has 1 atom stereocenters. The average Bonchev–Trinajstić information content (AvgIpc) is 3.10. The first-order chi connectivity index (χ1) is 12.5. The zero-order valence-corrected chi connectivity index (χ0v) is 16.8. The lowest BCUT2D eigenvalue weighted by atomic mass is 9.98. The molecule has 0 spiro atoms. The van der Waals surface area contributed by atoms with Crippen LogP contribution in [0.5, 0.6) is 0 Å². The highest BCUT2D eigenvalue weighted by atomic mass is 35.5. The van der Waals surface area contributed by atoms with Gasteiger partial charge in [-0.15, -0.1) is 10.2 Å². The number of rotatable bonds is 6. The van der Waals surface area contributed by atoms with Gasteiger partial charge < -0.3 is 10.2 Å². The first kappa shape index (κ1) is 19.1. The van der Waals surface area contributed by atoms with Crippen LogP contribution in [0.3, 0.4) is 0 Å². The largest absolute Gasteiger partial charge is 0.356 e. The lowest BCUT2D eigenvalue weighted by Crippen LogP contribution is -2.41. The lowest BCUT2D eigenvalue weighted by Gasteiger charge is -2.32. The van der Waals surface area contributed by atoms with Gasteiger partial charge in [0.2, 0.25) is 11.0 Å². The maximum atomic E-state index is 11.8. The van der Waals surface area contributed by atoms with Crippen LogP contribution in [0.1, 0.15) is 37.3 Å². The Bertz CT molecular complexity index is 731. The number of hydrogen-bond donors (Lipinski definition) is 1. The quantitative estimate of drug-likeness (QED) is 0.812. The van der Waals surface area contributed by atoms with Crippen LogP contribution in [0.15, 0.2) is 24.3 Å². The molecular weight excluding hydrogens is 368 g/mol. The van der Waals surface area contributed by atoms with Gasteiger partial charge in [-0.1, -0.05) is 48.9 Å². The van der Waals surface area contributed by atoms with E-state index in [-0.39, 0.29) is 11.8 Å². The molecule has 1 aromatic carbocycles. The molecule has 7 heteroatoms. The summed E-state index contributed by atoms with van der Waals surface area (Å²) in [7, 11) is 0. The predicted molar refractivity (Wildman–Crippen MR) is 107 cm³/mol. The van der Waals surface area contributed by atoms with Crippen molar-refractivity contribution in [1.82, 2.24) is 15.5 Å². The van der Waals surface area contributed by atoms with Crippen LogP contribution in [0.4, 0.5) is 5.13 Å². The van der Waals surface area contributed by atoms with Crippen LogP contribution in [-0.4, -0.2) is 35.7 Å². The van der Waals surface area contributed by atoms with E-state index in [9.17, 15) is 4.79 Å². The van der Waals surface area contributed by atoms with E-state index in [2.05, 4.69) is 20.4 Å². The van der Waals surface area contributed by atoms with E-state index in [0.717, 1.165) is 54.1 Å². The van der Waals surface area contributed by atoms with E-state index >= 15 is 0 Å². The second-order valence-electron chi connectivity index (χ2n) is 7.14. The van der Waals surface area contributed by atoms with Crippen molar-refractivity contribution >= 4 is 34.0 Å². The van der Waals surface area contributed by atoms with Gasteiger partial charge in [0.25, 0.3) is 0 Å². The fourth-order valence-corrected chi connectivity index (χ4v) is 4.11. The Morgan fingerprint density at radius 2 is 2.12 bits per heavy atom. The van der Waals surface area contributed by atoms with Gasteiger partial charge >= 0.3 is 0 Å². The topological polar surface area (TPSA) is 58.1 Å².